The van der Waals surface area contributed by atoms with Crippen molar-refractivity contribution in [3.63, 3.8) is 0 Å². The lowest BCUT2D eigenvalue weighted by molar-refractivity contribution is 0.239. The maximum Gasteiger partial charge on any atom is 0.162 e. The lowest BCUT2D eigenvalue weighted by atomic mass is 10.2. The molecule has 2 rings (SSSR count). The van der Waals surface area contributed by atoms with Crippen molar-refractivity contribution in [3.8, 4) is 5.75 Å². The van der Waals surface area contributed by atoms with Crippen LogP contribution in [0.3, 0.4) is 0 Å². The summed E-state index contributed by atoms with van der Waals surface area (Å²) in [4.78, 5) is 5.09. The van der Waals surface area contributed by atoms with Crippen molar-refractivity contribution < 1.29 is 4.84 Å². The highest BCUT2D eigenvalue weighted by atomic mass is 32.1. The van der Waals surface area contributed by atoms with Gasteiger partial charge in [-0.1, -0.05) is 18.2 Å². The topological polar surface area (TPSA) is 21.3 Å². The largest absolute Gasteiger partial charge is 0.382 e. The fourth-order valence-corrected chi connectivity index (χ4v) is 0.932. The van der Waals surface area contributed by atoms with Crippen LogP contribution in [-0.2, 0) is 0 Å². The summed E-state index contributed by atoms with van der Waals surface area (Å²) in [5.41, 5.74) is 3.77. The van der Waals surface area contributed by atoms with Gasteiger partial charge in [0, 0.05) is 11.8 Å². The third-order valence-electron chi connectivity index (χ3n) is 1.42. The molecule has 0 aliphatic carbocycles. The quantitative estimate of drug-likeness (QED) is 0.634. The van der Waals surface area contributed by atoms with Gasteiger partial charge in [0.1, 0.15) is 0 Å². The van der Waals surface area contributed by atoms with Gasteiger partial charge in [-0.05, 0) is 12.1 Å². The molecule has 2 nitrogen and oxygen atoms in total. The molecule has 0 amide bonds. The number of hydrogen-bond acceptors (Lipinski definition) is 2. The summed E-state index contributed by atoms with van der Waals surface area (Å²) >= 11 is 0. The lowest BCUT2D eigenvalue weighted by Crippen LogP contribution is -2.13. The summed E-state index contributed by atoms with van der Waals surface area (Å²) in [6.07, 6.45) is 3.74. The van der Waals surface area contributed by atoms with Crippen molar-refractivity contribution in [2.45, 2.75) is 0 Å². The van der Waals surface area contributed by atoms with E-state index in [1.54, 1.807) is 6.20 Å². The molecular weight excluding hydrogens is 158 g/mol. The lowest BCUT2D eigenvalue weighted by Gasteiger charge is -2.11. The molecule has 0 saturated heterocycles. The van der Waals surface area contributed by atoms with Crippen LogP contribution >= 0.6 is 13.5 Å². The third-order valence-corrected chi connectivity index (χ3v) is 1.42. The second-order valence-electron chi connectivity index (χ2n) is 2.09. The second-order valence-corrected chi connectivity index (χ2v) is 2.09. The fourth-order valence-electron chi connectivity index (χ4n) is 0.932. The van der Waals surface area contributed by atoms with Gasteiger partial charge in [-0.2, -0.15) is 13.5 Å². The standard InChI is InChI=1S/C8H7NO.H2S/c1-2-4-8-7(3-1)5-6-9-10-8;/h1-6,9H;1H2. The van der Waals surface area contributed by atoms with E-state index in [4.69, 9.17) is 4.84 Å². The molecule has 11 heavy (non-hydrogen) atoms. The summed E-state index contributed by atoms with van der Waals surface area (Å²) in [5, 5.41) is 0. The van der Waals surface area contributed by atoms with Gasteiger partial charge in [0.05, 0.1) is 0 Å². The SMILES string of the molecule is C1=Cc2ccccc2ON1.S. The number of nitrogens with one attached hydrogen (secondary N) is 1. The molecule has 1 aliphatic rings. The highest BCUT2D eigenvalue weighted by Crippen LogP contribution is 2.20. The highest BCUT2D eigenvalue weighted by molar-refractivity contribution is 7.59. The van der Waals surface area contributed by atoms with Crippen LogP contribution in [0.1, 0.15) is 5.56 Å². The van der Waals surface area contributed by atoms with Crippen molar-refractivity contribution >= 4 is 19.6 Å². The maximum atomic E-state index is 5.09. The minimum absolute atomic E-state index is 0. The number of fused-ring (bicyclic) bond motifs is 1. The molecule has 0 atom stereocenters. The number of benzene rings is 1. The molecule has 58 valence electrons. The molecule has 3 heteroatoms. The van der Waals surface area contributed by atoms with Crippen LogP contribution < -0.4 is 10.3 Å². The van der Waals surface area contributed by atoms with Crippen LogP contribution in [0, 0.1) is 0 Å². The van der Waals surface area contributed by atoms with E-state index in [1.807, 2.05) is 30.3 Å². The molecule has 0 spiro atoms. The average Bonchev–Trinajstić information content (AvgIpc) is 2.05. The van der Waals surface area contributed by atoms with Gasteiger partial charge in [0.15, 0.2) is 5.75 Å². The zero-order chi connectivity index (χ0) is 6.81. The zero-order valence-electron chi connectivity index (χ0n) is 5.87. The van der Waals surface area contributed by atoms with E-state index < -0.39 is 0 Å². The second kappa shape index (κ2) is 3.34. The van der Waals surface area contributed by atoms with Crippen molar-refractivity contribution in [2.24, 2.45) is 0 Å². The first-order valence-electron chi connectivity index (χ1n) is 3.15. The molecule has 1 aliphatic heterocycles. The zero-order valence-corrected chi connectivity index (χ0v) is 6.87. The summed E-state index contributed by atoms with van der Waals surface area (Å²) in [7, 11) is 0. The van der Waals surface area contributed by atoms with E-state index in [1.165, 1.54) is 0 Å². The highest BCUT2D eigenvalue weighted by Gasteiger charge is 2.01. The predicted molar refractivity (Wildman–Crippen MR) is 49.6 cm³/mol. The molecule has 1 heterocycles. The molecule has 0 bridgehead atoms. The van der Waals surface area contributed by atoms with Crippen molar-refractivity contribution in [2.75, 3.05) is 0 Å². The van der Waals surface area contributed by atoms with Crippen LogP contribution in [0.25, 0.3) is 6.08 Å². The van der Waals surface area contributed by atoms with Gasteiger partial charge < -0.3 is 4.84 Å². The van der Waals surface area contributed by atoms with Crippen LogP contribution in [0.4, 0.5) is 0 Å². The summed E-state index contributed by atoms with van der Waals surface area (Å²) in [6.45, 7) is 0. The van der Waals surface area contributed by atoms with Gasteiger partial charge in [-0.25, -0.2) is 5.48 Å². The molecule has 0 aromatic heterocycles. The van der Waals surface area contributed by atoms with Gasteiger partial charge in [0.25, 0.3) is 0 Å². The monoisotopic (exact) mass is 167 g/mol. The third kappa shape index (κ3) is 1.49. The first-order valence-corrected chi connectivity index (χ1v) is 3.15. The Morgan fingerprint density at radius 2 is 2.00 bits per heavy atom. The van der Waals surface area contributed by atoms with E-state index in [-0.39, 0.29) is 13.5 Å². The smallest absolute Gasteiger partial charge is 0.162 e. The number of hydrogen-bond donors (Lipinski definition) is 1. The summed E-state index contributed by atoms with van der Waals surface area (Å²) in [5.74, 6) is 0.880. The van der Waals surface area contributed by atoms with Crippen molar-refractivity contribution in [1.29, 1.82) is 0 Å². The van der Waals surface area contributed by atoms with Crippen LogP contribution in [0.15, 0.2) is 30.5 Å². The molecule has 0 fully saturated rings. The normalized spacial score (nSPS) is 12.0. The molecule has 1 aromatic carbocycles. The fraction of sp³-hybridized carbons (Fsp3) is 0. The first-order chi connectivity index (χ1) is 4.97. The van der Waals surface area contributed by atoms with E-state index in [9.17, 15) is 0 Å². The predicted octanol–water partition coefficient (Wildman–Crippen LogP) is 1.67. The minimum Gasteiger partial charge on any atom is -0.382 e. The Kier molecular flexibility index (Phi) is 2.44. The molecule has 0 unspecified atom stereocenters. The van der Waals surface area contributed by atoms with Gasteiger partial charge in [-0.3, -0.25) is 0 Å². The molecule has 1 aromatic rings. The van der Waals surface area contributed by atoms with E-state index in [0.29, 0.717) is 0 Å². The van der Waals surface area contributed by atoms with Crippen LogP contribution in [0.5, 0.6) is 5.75 Å². The minimum atomic E-state index is 0. The summed E-state index contributed by atoms with van der Waals surface area (Å²) in [6, 6.07) is 7.86. The van der Waals surface area contributed by atoms with Crippen LogP contribution in [0.2, 0.25) is 0 Å². The number of para-hydroxylation sites is 1. The number of rotatable bonds is 0. The number of hydroxylamine groups is 1. The van der Waals surface area contributed by atoms with Crippen molar-refractivity contribution in [1.82, 2.24) is 5.48 Å². The Morgan fingerprint density at radius 3 is 2.82 bits per heavy atom. The first kappa shape index (κ1) is 8.01. The molecule has 0 radical (unpaired) electrons. The summed E-state index contributed by atoms with van der Waals surface area (Å²) < 4.78 is 0. The van der Waals surface area contributed by atoms with Gasteiger partial charge in [-0.15, -0.1) is 0 Å². The Balaban J connectivity index is 0.000000605. The van der Waals surface area contributed by atoms with Crippen LogP contribution in [-0.4, -0.2) is 0 Å². The van der Waals surface area contributed by atoms with E-state index >= 15 is 0 Å². The van der Waals surface area contributed by atoms with E-state index in [0.717, 1.165) is 11.3 Å². The van der Waals surface area contributed by atoms with Gasteiger partial charge in [0.2, 0.25) is 0 Å². The Morgan fingerprint density at radius 1 is 1.18 bits per heavy atom. The van der Waals surface area contributed by atoms with Gasteiger partial charge >= 0.3 is 0 Å². The average molecular weight is 167 g/mol. The van der Waals surface area contributed by atoms with Crippen molar-refractivity contribution in [3.05, 3.63) is 36.0 Å². The maximum absolute atomic E-state index is 5.09. The molecular formula is C8H9NOS. The molecule has 1 N–H and O–H groups in total. The Labute approximate surface area is 72.3 Å². The van der Waals surface area contributed by atoms with E-state index in [2.05, 4.69) is 5.48 Å². The Bertz CT molecular complexity index is 273. The Hall–Kier alpha value is -1.09. The molecule has 0 saturated carbocycles.